The van der Waals surface area contributed by atoms with Gasteiger partial charge in [0, 0.05) is 32.4 Å². The summed E-state index contributed by atoms with van der Waals surface area (Å²) in [6, 6.07) is 5.31. The molecule has 0 aliphatic carbocycles. The molecule has 3 heterocycles. The van der Waals surface area contributed by atoms with Crippen LogP contribution in [-0.2, 0) is 17.9 Å². The Morgan fingerprint density at radius 1 is 1.29 bits per heavy atom. The van der Waals surface area contributed by atoms with E-state index in [1.165, 1.54) is 6.92 Å². The van der Waals surface area contributed by atoms with Crippen molar-refractivity contribution in [3.05, 3.63) is 47.7 Å². The second kappa shape index (κ2) is 7.03. The molecule has 0 fully saturated rings. The number of aromatic nitrogens is 3. The van der Waals surface area contributed by atoms with Gasteiger partial charge in [-0.15, -0.1) is 0 Å². The Morgan fingerprint density at radius 3 is 2.83 bits per heavy atom. The summed E-state index contributed by atoms with van der Waals surface area (Å²) in [6.45, 7) is 3.27. The van der Waals surface area contributed by atoms with Crippen molar-refractivity contribution in [2.45, 2.75) is 20.0 Å². The number of fused-ring (bicyclic) bond motifs is 1. The average molecular weight is 326 g/mol. The molecule has 0 bridgehead atoms. The maximum atomic E-state index is 12.3. The second-order valence-electron chi connectivity index (χ2n) is 5.42. The topological polar surface area (TPSA) is 100 Å². The third kappa shape index (κ3) is 3.65. The summed E-state index contributed by atoms with van der Waals surface area (Å²) >= 11 is 0. The molecule has 24 heavy (non-hydrogen) atoms. The third-order valence-electron chi connectivity index (χ3n) is 3.63. The molecule has 0 saturated carbocycles. The number of rotatable bonds is 6. The molecule has 0 spiro atoms. The van der Waals surface area contributed by atoms with Gasteiger partial charge in [-0.1, -0.05) is 0 Å². The van der Waals surface area contributed by atoms with E-state index in [1.54, 1.807) is 35.5 Å². The fraction of sp³-hybridized carbons (Fsp3) is 0.312. The monoisotopic (exact) mass is 326 g/mol. The van der Waals surface area contributed by atoms with E-state index in [1.807, 2.05) is 0 Å². The first-order valence-electron chi connectivity index (χ1n) is 7.67. The van der Waals surface area contributed by atoms with Crippen molar-refractivity contribution in [1.29, 1.82) is 0 Å². The lowest BCUT2D eigenvalue weighted by Gasteiger charge is -2.14. The number of amides is 2. The van der Waals surface area contributed by atoms with Crippen LogP contribution in [0.2, 0.25) is 0 Å². The van der Waals surface area contributed by atoms with Gasteiger partial charge in [0.2, 0.25) is 5.91 Å². The van der Waals surface area contributed by atoms with Gasteiger partial charge in [0.1, 0.15) is 11.6 Å². The van der Waals surface area contributed by atoms with E-state index >= 15 is 0 Å². The zero-order chi connectivity index (χ0) is 16.9. The van der Waals surface area contributed by atoms with E-state index in [2.05, 4.69) is 25.6 Å². The van der Waals surface area contributed by atoms with Crippen LogP contribution in [0.3, 0.4) is 0 Å². The maximum absolute atomic E-state index is 12.3. The third-order valence-corrected chi connectivity index (χ3v) is 3.63. The first-order valence-corrected chi connectivity index (χ1v) is 7.67. The van der Waals surface area contributed by atoms with Crippen LogP contribution in [0.1, 0.15) is 28.8 Å². The Labute approximate surface area is 139 Å². The van der Waals surface area contributed by atoms with Crippen LogP contribution in [0.25, 0.3) is 0 Å². The van der Waals surface area contributed by atoms with Gasteiger partial charge in [-0.3, -0.25) is 9.59 Å². The number of nitrogens with zero attached hydrogens (tertiary/aromatic N) is 4. The van der Waals surface area contributed by atoms with Crippen LogP contribution in [0.15, 0.2) is 30.6 Å². The molecule has 8 nitrogen and oxygen atoms in total. The highest BCUT2D eigenvalue weighted by molar-refractivity contribution is 5.98. The van der Waals surface area contributed by atoms with Crippen molar-refractivity contribution in [2.24, 2.45) is 0 Å². The summed E-state index contributed by atoms with van der Waals surface area (Å²) < 4.78 is 0. The summed E-state index contributed by atoms with van der Waals surface area (Å²) in [7, 11) is 0. The number of carbonyl (C=O) groups excluding carboxylic acids is 2. The molecule has 2 N–H and O–H groups in total. The number of pyridine rings is 1. The van der Waals surface area contributed by atoms with E-state index in [0.717, 1.165) is 5.69 Å². The van der Waals surface area contributed by atoms with Gasteiger partial charge in [0.15, 0.2) is 0 Å². The zero-order valence-electron chi connectivity index (χ0n) is 13.3. The first kappa shape index (κ1) is 15.9. The highest BCUT2D eigenvalue weighted by atomic mass is 16.2. The largest absolute Gasteiger partial charge is 0.363 e. The SMILES string of the molecule is CC(=O)NCCN1Cc2nc(NCc3ncccn3)ccc2C1=O. The molecule has 1 aliphatic heterocycles. The predicted molar refractivity (Wildman–Crippen MR) is 87.0 cm³/mol. The molecule has 3 rings (SSSR count). The summed E-state index contributed by atoms with van der Waals surface area (Å²) in [4.78, 5) is 37.7. The highest BCUT2D eigenvalue weighted by Crippen LogP contribution is 2.22. The molecule has 2 aromatic rings. The Bertz CT molecular complexity index is 749. The lowest BCUT2D eigenvalue weighted by Crippen LogP contribution is -2.34. The van der Waals surface area contributed by atoms with Crippen molar-refractivity contribution in [1.82, 2.24) is 25.2 Å². The Morgan fingerprint density at radius 2 is 2.08 bits per heavy atom. The minimum atomic E-state index is -0.105. The molecule has 8 heteroatoms. The average Bonchev–Trinajstić information content (AvgIpc) is 2.89. The smallest absolute Gasteiger partial charge is 0.256 e. The summed E-state index contributed by atoms with van der Waals surface area (Å²) in [6.07, 6.45) is 3.37. The van der Waals surface area contributed by atoms with Crippen LogP contribution in [-0.4, -0.2) is 44.8 Å². The number of hydrogen-bond acceptors (Lipinski definition) is 6. The van der Waals surface area contributed by atoms with Crippen molar-refractivity contribution in [2.75, 3.05) is 18.4 Å². The number of anilines is 1. The van der Waals surface area contributed by atoms with Gasteiger partial charge in [0.05, 0.1) is 24.3 Å². The van der Waals surface area contributed by atoms with Crippen molar-refractivity contribution < 1.29 is 9.59 Å². The molecule has 1 aliphatic rings. The van der Waals surface area contributed by atoms with Crippen molar-refractivity contribution >= 4 is 17.6 Å². The van der Waals surface area contributed by atoms with Crippen LogP contribution < -0.4 is 10.6 Å². The number of nitrogens with one attached hydrogen (secondary N) is 2. The maximum Gasteiger partial charge on any atom is 0.256 e. The minimum absolute atomic E-state index is 0.0548. The fourth-order valence-electron chi connectivity index (χ4n) is 2.48. The van der Waals surface area contributed by atoms with Gasteiger partial charge in [0.25, 0.3) is 5.91 Å². The van der Waals surface area contributed by atoms with Crippen molar-refractivity contribution in [3.63, 3.8) is 0 Å². The first-order chi connectivity index (χ1) is 11.6. The summed E-state index contributed by atoms with van der Waals surface area (Å²) in [5, 5.41) is 5.85. The van der Waals surface area contributed by atoms with E-state index in [4.69, 9.17) is 0 Å². The number of hydrogen-bond donors (Lipinski definition) is 2. The molecule has 124 valence electrons. The molecule has 0 saturated heterocycles. The van der Waals surface area contributed by atoms with Crippen LogP contribution >= 0.6 is 0 Å². The molecule has 2 aromatic heterocycles. The van der Waals surface area contributed by atoms with Gasteiger partial charge in [-0.2, -0.15) is 0 Å². The summed E-state index contributed by atoms with van der Waals surface area (Å²) in [5.74, 6) is 1.19. The van der Waals surface area contributed by atoms with Crippen LogP contribution in [0, 0.1) is 0 Å². The Balaban J connectivity index is 1.61. The van der Waals surface area contributed by atoms with Gasteiger partial charge in [-0.05, 0) is 18.2 Å². The molecule has 2 amide bonds. The molecule has 0 unspecified atom stereocenters. The lowest BCUT2D eigenvalue weighted by molar-refractivity contribution is -0.119. The predicted octanol–water partition coefficient (Wildman–Crippen LogP) is 0.576. The molecular formula is C16H18N6O2. The molecule has 0 radical (unpaired) electrons. The highest BCUT2D eigenvalue weighted by Gasteiger charge is 2.28. The van der Waals surface area contributed by atoms with Gasteiger partial charge in [-0.25, -0.2) is 15.0 Å². The molecule has 0 aromatic carbocycles. The van der Waals surface area contributed by atoms with E-state index in [-0.39, 0.29) is 11.8 Å². The standard InChI is InChI=1S/C16H18N6O2/c1-11(23)17-7-8-22-10-13-12(16(22)24)3-4-14(21-13)20-9-15-18-5-2-6-19-15/h2-6H,7-10H2,1H3,(H,17,23)(H,20,21). The molecule has 0 atom stereocenters. The minimum Gasteiger partial charge on any atom is -0.363 e. The normalized spacial score (nSPS) is 12.9. The fourth-order valence-corrected chi connectivity index (χ4v) is 2.48. The quantitative estimate of drug-likeness (QED) is 0.805. The van der Waals surface area contributed by atoms with E-state index in [0.29, 0.717) is 43.4 Å². The van der Waals surface area contributed by atoms with Gasteiger partial charge >= 0.3 is 0 Å². The van der Waals surface area contributed by atoms with E-state index in [9.17, 15) is 9.59 Å². The molecular weight excluding hydrogens is 308 g/mol. The summed E-state index contributed by atoms with van der Waals surface area (Å²) in [5.41, 5.74) is 1.35. The van der Waals surface area contributed by atoms with Crippen LogP contribution in [0.5, 0.6) is 0 Å². The Hall–Kier alpha value is -3.03. The second-order valence-corrected chi connectivity index (χ2v) is 5.42. The van der Waals surface area contributed by atoms with Gasteiger partial charge < -0.3 is 15.5 Å². The van der Waals surface area contributed by atoms with Crippen LogP contribution in [0.4, 0.5) is 5.82 Å². The lowest BCUT2D eigenvalue weighted by atomic mass is 10.2. The zero-order valence-corrected chi connectivity index (χ0v) is 13.3. The van der Waals surface area contributed by atoms with E-state index < -0.39 is 0 Å². The number of carbonyl (C=O) groups is 2. The van der Waals surface area contributed by atoms with Crippen molar-refractivity contribution in [3.8, 4) is 0 Å². The Kier molecular flexibility index (Phi) is 4.64.